The summed E-state index contributed by atoms with van der Waals surface area (Å²) in [4.78, 5) is 19.1. The number of anilines is 1. The van der Waals surface area contributed by atoms with Gasteiger partial charge in [0.1, 0.15) is 5.82 Å². The van der Waals surface area contributed by atoms with E-state index in [2.05, 4.69) is 4.98 Å². The third-order valence-corrected chi connectivity index (χ3v) is 4.64. The molecule has 1 aromatic carbocycles. The second-order valence-corrected chi connectivity index (χ2v) is 6.64. The van der Waals surface area contributed by atoms with Crippen molar-refractivity contribution in [1.29, 1.82) is 0 Å². The highest BCUT2D eigenvalue weighted by Crippen LogP contribution is 2.35. The van der Waals surface area contributed by atoms with Gasteiger partial charge in [-0.2, -0.15) is 26.3 Å². The van der Waals surface area contributed by atoms with E-state index in [1.54, 1.807) is 0 Å². The fraction of sp³-hybridized carbons (Fsp3) is 0.300. The summed E-state index contributed by atoms with van der Waals surface area (Å²) < 4.78 is 77.2. The lowest BCUT2D eigenvalue weighted by molar-refractivity contribution is -0.138. The van der Waals surface area contributed by atoms with E-state index in [-0.39, 0.29) is 37.9 Å². The van der Waals surface area contributed by atoms with Gasteiger partial charge in [-0.15, -0.1) is 0 Å². The van der Waals surface area contributed by atoms with Crippen molar-refractivity contribution in [3.8, 4) is 0 Å². The van der Waals surface area contributed by atoms with Crippen LogP contribution in [0.15, 0.2) is 48.7 Å². The fourth-order valence-electron chi connectivity index (χ4n) is 3.07. The maximum atomic E-state index is 13.2. The zero-order valence-electron chi connectivity index (χ0n) is 15.5. The van der Waals surface area contributed by atoms with E-state index in [0.29, 0.717) is 5.56 Å². The molecule has 0 atom stereocenters. The Balaban J connectivity index is 1.60. The van der Waals surface area contributed by atoms with Gasteiger partial charge in [-0.3, -0.25) is 4.79 Å². The van der Waals surface area contributed by atoms with Gasteiger partial charge in [0.2, 0.25) is 5.91 Å². The maximum absolute atomic E-state index is 13.2. The Kier molecular flexibility index (Phi) is 6.04. The summed E-state index contributed by atoms with van der Waals surface area (Å²) in [5.41, 5.74) is -1.18. The molecule has 0 saturated carbocycles. The van der Waals surface area contributed by atoms with Crippen molar-refractivity contribution in [3.63, 3.8) is 0 Å². The van der Waals surface area contributed by atoms with E-state index >= 15 is 0 Å². The van der Waals surface area contributed by atoms with Gasteiger partial charge in [0.15, 0.2) is 0 Å². The van der Waals surface area contributed by atoms with Crippen molar-refractivity contribution in [2.75, 3.05) is 31.1 Å². The minimum absolute atomic E-state index is 0.169. The average Bonchev–Trinajstić information content (AvgIpc) is 2.71. The van der Waals surface area contributed by atoms with Crippen LogP contribution in [-0.4, -0.2) is 42.0 Å². The molecule has 2 aromatic rings. The molecule has 30 heavy (non-hydrogen) atoms. The number of carbonyl (C=O) groups excluding carboxylic acids is 1. The van der Waals surface area contributed by atoms with Gasteiger partial charge in [0, 0.05) is 38.5 Å². The SMILES string of the molecule is O=C(C=Cc1ccc(C(F)(F)F)cc1)N1CCN(c2ncccc2C(F)(F)F)CC1. The Morgan fingerprint density at radius 3 is 2.10 bits per heavy atom. The summed E-state index contributed by atoms with van der Waals surface area (Å²) in [5.74, 6) is -0.538. The first kappa shape index (κ1) is 21.7. The Morgan fingerprint density at radius 2 is 1.53 bits per heavy atom. The minimum atomic E-state index is -4.53. The summed E-state index contributed by atoms with van der Waals surface area (Å²) >= 11 is 0. The summed E-state index contributed by atoms with van der Waals surface area (Å²) in [6, 6.07) is 6.54. The smallest absolute Gasteiger partial charge is 0.353 e. The first-order valence-corrected chi connectivity index (χ1v) is 8.97. The molecule has 1 aromatic heterocycles. The molecule has 1 aliphatic rings. The lowest BCUT2D eigenvalue weighted by atomic mass is 10.1. The van der Waals surface area contributed by atoms with Crippen molar-refractivity contribution in [2.24, 2.45) is 0 Å². The molecule has 0 spiro atoms. The van der Waals surface area contributed by atoms with E-state index in [4.69, 9.17) is 0 Å². The lowest BCUT2D eigenvalue weighted by Crippen LogP contribution is -2.49. The Morgan fingerprint density at radius 1 is 0.900 bits per heavy atom. The topological polar surface area (TPSA) is 36.4 Å². The van der Waals surface area contributed by atoms with Crippen LogP contribution < -0.4 is 4.90 Å². The molecule has 1 aliphatic heterocycles. The molecule has 0 aliphatic carbocycles. The van der Waals surface area contributed by atoms with Crippen LogP contribution in [-0.2, 0) is 17.1 Å². The average molecular weight is 429 g/mol. The molecule has 0 N–H and O–H groups in total. The fourth-order valence-corrected chi connectivity index (χ4v) is 3.07. The molecule has 1 fully saturated rings. The molecule has 160 valence electrons. The number of carbonyl (C=O) groups is 1. The van der Waals surface area contributed by atoms with Crippen molar-refractivity contribution < 1.29 is 31.1 Å². The highest BCUT2D eigenvalue weighted by atomic mass is 19.4. The highest BCUT2D eigenvalue weighted by molar-refractivity contribution is 5.92. The van der Waals surface area contributed by atoms with Crippen LogP contribution in [0.1, 0.15) is 16.7 Å². The molecule has 1 amide bonds. The standard InChI is InChI=1S/C20H17F6N3O/c21-19(22,23)15-6-3-14(4-7-15)5-8-17(30)28-10-12-29(13-11-28)18-16(20(24,25)26)2-1-9-27-18/h1-9H,10-13H2. The van der Waals surface area contributed by atoms with Crippen LogP contribution >= 0.6 is 0 Å². The first-order valence-electron chi connectivity index (χ1n) is 8.97. The Labute approximate surface area is 168 Å². The normalized spacial score (nSPS) is 15.7. The van der Waals surface area contributed by atoms with Crippen LogP contribution in [0.3, 0.4) is 0 Å². The minimum Gasteiger partial charge on any atom is -0.353 e. The maximum Gasteiger partial charge on any atom is 0.419 e. The zero-order valence-corrected chi connectivity index (χ0v) is 15.5. The number of pyridine rings is 1. The summed E-state index contributed by atoms with van der Waals surface area (Å²) in [7, 11) is 0. The second-order valence-electron chi connectivity index (χ2n) is 6.64. The van der Waals surface area contributed by atoms with Gasteiger partial charge < -0.3 is 9.80 Å². The number of piperazine rings is 1. The van der Waals surface area contributed by atoms with Crippen molar-refractivity contribution >= 4 is 17.8 Å². The highest BCUT2D eigenvalue weighted by Gasteiger charge is 2.36. The van der Waals surface area contributed by atoms with Gasteiger partial charge in [0.25, 0.3) is 0 Å². The zero-order chi connectivity index (χ0) is 21.9. The van der Waals surface area contributed by atoms with Crippen molar-refractivity contribution in [2.45, 2.75) is 12.4 Å². The monoisotopic (exact) mass is 429 g/mol. The van der Waals surface area contributed by atoms with Crippen LogP contribution in [0, 0.1) is 0 Å². The third kappa shape index (κ3) is 5.11. The Bertz CT molecular complexity index is 913. The molecule has 0 radical (unpaired) electrons. The van der Waals surface area contributed by atoms with E-state index in [9.17, 15) is 31.1 Å². The number of hydrogen-bond acceptors (Lipinski definition) is 3. The first-order chi connectivity index (χ1) is 14.1. The number of nitrogens with zero attached hydrogens (tertiary/aromatic N) is 3. The van der Waals surface area contributed by atoms with Crippen molar-refractivity contribution in [1.82, 2.24) is 9.88 Å². The number of halogens is 6. The summed E-state index contributed by atoms with van der Waals surface area (Å²) in [6.45, 7) is 0.758. The number of alkyl halides is 6. The molecule has 3 rings (SSSR count). The molecule has 4 nitrogen and oxygen atoms in total. The van der Waals surface area contributed by atoms with Crippen LogP contribution in [0.25, 0.3) is 6.08 Å². The number of amides is 1. The number of aromatic nitrogens is 1. The molecule has 1 saturated heterocycles. The largest absolute Gasteiger partial charge is 0.419 e. The summed E-state index contributed by atoms with van der Waals surface area (Å²) in [6.07, 6.45) is -5.04. The van der Waals surface area contributed by atoms with E-state index in [1.165, 1.54) is 46.3 Å². The second kappa shape index (κ2) is 8.37. The van der Waals surface area contributed by atoms with E-state index in [1.807, 2.05) is 0 Å². The molecular formula is C20H17F6N3O. The van der Waals surface area contributed by atoms with Gasteiger partial charge >= 0.3 is 12.4 Å². The van der Waals surface area contributed by atoms with Crippen LogP contribution in [0.4, 0.5) is 32.2 Å². The van der Waals surface area contributed by atoms with Crippen LogP contribution in [0.2, 0.25) is 0 Å². The van der Waals surface area contributed by atoms with Gasteiger partial charge in [-0.25, -0.2) is 4.98 Å². The van der Waals surface area contributed by atoms with Crippen LogP contribution in [0.5, 0.6) is 0 Å². The number of hydrogen-bond donors (Lipinski definition) is 0. The molecule has 2 heterocycles. The Hall–Kier alpha value is -3.04. The molecule has 10 heteroatoms. The molecule has 0 unspecified atom stereocenters. The molecular weight excluding hydrogens is 412 g/mol. The van der Waals surface area contributed by atoms with E-state index < -0.39 is 23.5 Å². The predicted molar refractivity (Wildman–Crippen MR) is 98.5 cm³/mol. The van der Waals surface area contributed by atoms with Gasteiger partial charge in [-0.1, -0.05) is 12.1 Å². The third-order valence-electron chi connectivity index (χ3n) is 4.64. The predicted octanol–water partition coefficient (Wildman–Crippen LogP) is 4.48. The van der Waals surface area contributed by atoms with E-state index in [0.717, 1.165) is 18.2 Å². The quantitative estimate of drug-likeness (QED) is 0.533. The van der Waals surface area contributed by atoms with Gasteiger partial charge in [-0.05, 0) is 35.9 Å². The molecule has 0 bridgehead atoms. The number of benzene rings is 1. The van der Waals surface area contributed by atoms with Gasteiger partial charge in [0.05, 0.1) is 11.1 Å². The number of rotatable bonds is 3. The lowest BCUT2D eigenvalue weighted by Gasteiger charge is -2.35. The summed E-state index contributed by atoms with van der Waals surface area (Å²) in [5, 5.41) is 0. The van der Waals surface area contributed by atoms with Crippen molar-refractivity contribution in [3.05, 3.63) is 65.4 Å².